The molecule has 0 saturated carbocycles. The highest BCUT2D eigenvalue weighted by Gasteiger charge is 2.23. The molecule has 2 nitrogen and oxygen atoms in total. The molecule has 0 amide bonds. The van der Waals surface area contributed by atoms with Crippen LogP contribution in [0.4, 0.5) is 0 Å². The zero-order valence-corrected chi connectivity index (χ0v) is 14.6. The molecule has 0 aliphatic carbocycles. The van der Waals surface area contributed by atoms with E-state index in [1.165, 1.54) is 22.1 Å². The Balaban J connectivity index is 2.65. The van der Waals surface area contributed by atoms with E-state index in [1.54, 1.807) is 0 Å². The third-order valence-electron chi connectivity index (χ3n) is 4.06. The third kappa shape index (κ3) is 3.16. The lowest BCUT2D eigenvalue weighted by molar-refractivity contribution is 0.476. The normalized spacial score (nSPS) is 12.6. The molecule has 1 N–H and O–H groups in total. The summed E-state index contributed by atoms with van der Waals surface area (Å²) in [4.78, 5) is 0. The van der Waals surface area contributed by atoms with Gasteiger partial charge in [0.25, 0.3) is 0 Å². The van der Waals surface area contributed by atoms with Gasteiger partial charge >= 0.3 is 0 Å². The van der Waals surface area contributed by atoms with Gasteiger partial charge in [-0.05, 0) is 24.3 Å². The molecule has 0 aliphatic rings. The second kappa shape index (κ2) is 5.84. The summed E-state index contributed by atoms with van der Waals surface area (Å²) in [5, 5.41) is 4.81. The van der Waals surface area contributed by atoms with Crippen molar-refractivity contribution in [2.75, 3.05) is 0 Å². The van der Waals surface area contributed by atoms with Gasteiger partial charge in [0.1, 0.15) is 11.3 Å². The van der Waals surface area contributed by atoms with Crippen LogP contribution in [-0.2, 0) is 18.4 Å². The summed E-state index contributed by atoms with van der Waals surface area (Å²) in [6, 6.07) is 4.92. The zero-order valence-electron chi connectivity index (χ0n) is 14.6. The van der Waals surface area contributed by atoms with E-state index >= 15 is 0 Å². The van der Waals surface area contributed by atoms with Crippen LogP contribution in [0.15, 0.2) is 16.5 Å². The number of fused-ring (bicyclic) bond motifs is 1. The highest BCUT2D eigenvalue weighted by molar-refractivity contribution is 5.89. The molecule has 0 fully saturated rings. The molecule has 116 valence electrons. The minimum absolute atomic E-state index is 0.0948. The Labute approximate surface area is 128 Å². The standard InChI is InChI=1S/C19H29NO/c1-8-14-16(11-20-12(2)3)21-18-15(19(5,6)7)10-9-13(4)17(14)18/h9-10,12,20H,8,11H2,1-7H3. The van der Waals surface area contributed by atoms with Gasteiger partial charge in [-0.25, -0.2) is 0 Å². The topological polar surface area (TPSA) is 25.2 Å². The van der Waals surface area contributed by atoms with E-state index < -0.39 is 0 Å². The van der Waals surface area contributed by atoms with Gasteiger partial charge in [0, 0.05) is 22.6 Å². The molecule has 2 aromatic rings. The van der Waals surface area contributed by atoms with Crippen molar-refractivity contribution in [3.05, 3.63) is 34.6 Å². The van der Waals surface area contributed by atoms with Crippen LogP contribution in [0.5, 0.6) is 0 Å². The van der Waals surface area contributed by atoms with Crippen molar-refractivity contribution in [3.8, 4) is 0 Å². The number of hydrogen-bond donors (Lipinski definition) is 1. The summed E-state index contributed by atoms with van der Waals surface area (Å²) in [6.07, 6.45) is 1.01. The largest absolute Gasteiger partial charge is 0.459 e. The van der Waals surface area contributed by atoms with Crippen molar-refractivity contribution in [2.24, 2.45) is 0 Å². The quantitative estimate of drug-likeness (QED) is 0.846. The summed E-state index contributed by atoms with van der Waals surface area (Å²) < 4.78 is 6.32. The van der Waals surface area contributed by atoms with Crippen molar-refractivity contribution in [3.63, 3.8) is 0 Å². The van der Waals surface area contributed by atoms with Crippen LogP contribution >= 0.6 is 0 Å². The van der Waals surface area contributed by atoms with E-state index in [0.717, 1.165) is 24.3 Å². The Hall–Kier alpha value is -1.28. The molecule has 0 spiro atoms. The van der Waals surface area contributed by atoms with Gasteiger partial charge in [-0.1, -0.05) is 53.7 Å². The molecule has 2 rings (SSSR count). The Morgan fingerprint density at radius 1 is 1.19 bits per heavy atom. The van der Waals surface area contributed by atoms with Gasteiger partial charge in [0.2, 0.25) is 0 Å². The van der Waals surface area contributed by atoms with E-state index in [-0.39, 0.29) is 5.41 Å². The molecule has 0 atom stereocenters. The van der Waals surface area contributed by atoms with Crippen molar-refractivity contribution in [1.82, 2.24) is 5.32 Å². The fourth-order valence-corrected chi connectivity index (χ4v) is 2.89. The second-order valence-corrected chi connectivity index (χ2v) is 7.28. The van der Waals surface area contributed by atoms with Crippen molar-refractivity contribution in [1.29, 1.82) is 0 Å². The number of benzene rings is 1. The molecule has 0 unspecified atom stereocenters. The smallest absolute Gasteiger partial charge is 0.138 e. The highest BCUT2D eigenvalue weighted by Crippen LogP contribution is 2.37. The van der Waals surface area contributed by atoms with Crippen LogP contribution in [0.2, 0.25) is 0 Å². The first-order valence-electron chi connectivity index (χ1n) is 8.03. The van der Waals surface area contributed by atoms with Crippen LogP contribution in [0.25, 0.3) is 11.0 Å². The van der Waals surface area contributed by atoms with Gasteiger partial charge in [0.05, 0.1) is 6.54 Å². The predicted octanol–water partition coefficient (Wildman–Crippen LogP) is 5.10. The molecule has 1 heterocycles. The lowest BCUT2D eigenvalue weighted by Gasteiger charge is -2.19. The van der Waals surface area contributed by atoms with Crippen LogP contribution in [-0.4, -0.2) is 6.04 Å². The molecular weight excluding hydrogens is 258 g/mol. The maximum atomic E-state index is 6.32. The van der Waals surface area contributed by atoms with Crippen molar-refractivity contribution >= 4 is 11.0 Å². The Kier molecular flexibility index (Phi) is 4.48. The average Bonchev–Trinajstić information content (AvgIpc) is 2.74. The van der Waals surface area contributed by atoms with E-state index in [4.69, 9.17) is 4.42 Å². The number of aryl methyl sites for hydroxylation is 2. The fourth-order valence-electron chi connectivity index (χ4n) is 2.89. The van der Waals surface area contributed by atoms with Gasteiger partial charge in [0.15, 0.2) is 0 Å². The summed E-state index contributed by atoms with van der Waals surface area (Å²) >= 11 is 0. The summed E-state index contributed by atoms with van der Waals surface area (Å²) in [7, 11) is 0. The molecule has 21 heavy (non-hydrogen) atoms. The maximum absolute atomic E-state index is 6.32. The highest BCUT2D eigenvalue weighted by atomic mass is 16.3. The van der Waals surface area contributed by atoms with E-state index in [2.05, 4.69) is 65.9 Å². The van der Waals surface area contributed by atoms with E-state index in [0.29, 0.717) is 6.04 Å². The number of furan rings is 1. The minimum atomic E-state index is 0.0948. The van der Waals surface area contributed by atoms with Crippen LogP contribution in [0.3, 0.4) is 0 Å². The van der Waals surface area contributed by atoms with Gasteiger partial charge in [-0.2, -0.15) is 0 Å². The van der Waals surface area contributed by atoms with E-state index in [9.17, 15) is 0 Å². The van der Waals surface area contributed by atoms with Gasteiger partial charge in [-0.3, -0.25) is 0 Å². The lowest BCUT2D eigenvalue weighted by atomic mass is 9.85. The van der Waals surface area contributed by atoms with Crippen molar-refractivity contribution < 1.29 is 4.42 Å². The first kappa shape index (κ1) is 16.1. The Bertz CT molecular complexity index is 629. The average molecular weight is 287 g/mol. The molecule has 1 aromatic carbocycles. The van der Waals surface area contributed by atoms with Crippen LogP contribution in [0.1, 0.15) is 64.0 Å². The molecule has 0 radical (unpaired) electrons. The number of rotatable bonds is 4. The van der Waals surface area contributed by atoms with Crippen molar-refractivity contribution in [2.45, 2.75) is 72.9 Å². The van der Waals surface area contributed by atoms with Gasteiger partial charge in [-0.15, -0.1) is 0 Å². The molecule has 2 heteroatoms. The molecule has 1 aromatic heterocycles. The van der Waals surface area contributed by atoms with Crippen LogP contribution < -0.4 is 5.32 Å². The molecular formula is C19H29NO. The van der Waals surface area contributed by atoms with Gasteiger partial charge < -0.3 is 9.73 Å². The summed E-state index contributed by atoms with van der Waals surface area (Å²) in [6.45, 7) is 16.3. The zero-order chi connectivity index (χ0) is 15.8. The molecule has 0 bridgehead atoms. The fraction of sp³-hybridized carbons (Fsp3) is 0.579. The first-order valence-corrected chi connectivity index (χ1v) is 8.03. The molecule has 0 saturated heterocycles. The maximum Gasteiger partial charge on any atom is 0.138 e. The predicted molar refractivity (Wildman–Crippen MR) is 91.0 cm³/mol. The monoisotopic (exact) mass is 287 g/mol. The lowest BCUT2D eigenvalue weighted by Crippen LogP contribution is -2.22. The summed E-state index contributed by atoms with van der Waals surface area (Å²) in [5.41, 5.74) is 5.15. The Morgan fingerprint density at radius 3 is 2.38 bits per heavy atom. The third-order valence-corrected chi connectivity index (χ3v) is 4.06. The van der Waals surface area contributed by atoms with E-state index in [1.807, 2.05) is 0 Å². The molecule has 0 aliphatic heterocycles. The number of hydrogen-bond acceptors (Lipinski definition) is 2. The second-order valence-electron chi connectivity index (χ2n) is 7.28. The summed E-state index contributed by atoms with van der Waals surface area (Å²) in [5.74, 6) is 1.10. The minimum Gasteiger partial charge on any atom is -0.459 e. The Morgan fingerprint density at radius 2 is 1.86 bits per heavy atom. The number of nitrogens with one attached hydrogen (secondary N) is 1. The first-order chi connectivity index (χ1) is 9.75. The van der Waals surface area contributed by atoms with Crippen LogP contribution in [0, 0.1) is 6.92 Å². The SMILES string of the molecule is CCc1c(CNC(C)C)oc2c(C(C)(C)C)ccc(C)c12.